The molecule has 0 aliphatic rings. The second kappa shape index (κ2) is 5.96. The number of alkyl halides is 1. The zero-order valence-corrected chi connectivity index (χ0v) is 15.2. The average Bonchev–Trinajstić information content (AvgIpc) is 2.38. The Labute approximate surface area is 137 Å². The third-order valence-electron chi connectivity index (χ3n) is 3.23. The number of rotatable bonds is 2. The lowest BCUT2D eigenvalue weighted by Gasteiger charge is -2.20. The molecule has 1 unspecified atom stereocenters. The molecule has 0 amide bonds. The first-order chi connectivity index (χ1) is 8.88. The second-order valence-corrected chi connectivity index (χ2v) is 7.95. The van der Waals surface area contributed by atoms with E-state index < -0.39 is 0 Å². The second-order valence-electron chi connectivity index (χ2n) is 5.79. The van der Waals surface area contributed by atoms with E-state index in [-0.39, 0.29) is 10.2 Å². The summed E-state index contributed by atoms with van der Waals surface area (Å²) in [7, 11) is 0. The summed E-state index contributed by atoms with van der Waals surface area (Å²) < 4.78 is 1.27. The topological polar surface area (TPSA) is 0 Å². The van der Waals surface area contributed by atoms with Crippen molar-refractivity contribution in [3.8, 4) is 0 Å². The molecule has 0 nitrogen and oxygen atoms in total. The van der Waals surface area contributed by atoms with Crippen molar-refractivity contribution < 1.29 is 0 Å². The summed E-state index contributed by atoms with van der Waals surface area (Å²) in [5.41, 5.74) is 4.18. The van der Waals surface area contributed by atoms with Crippen LogP contribution in [0.1, 0.15) is 42.3 Å². The molecular weight excluding hydrogens is 411 g/mol. The molecule has 100 valence electrons. The van der Waals surface area contributed by atoms with Crippen molar-refractivity contribution in [1.29, 1.82) is 0 Å². The van der Waals surface area contributed by atoms with E-state index in [2.05, 4.69) is 108 Å². The van der Waals surface area contributed by atoms with Crippen LogP contribution in [0, 0.1) is 3.57 Å². The van der Waals surface area contributed by atoms with Gasteiger partial charge in [0.2, 0.25) is 0 Å². The molecule has 0 aliphatic carbocycles. The zero-order valence-electron chi connectivity index (χ0n) is 11.5. The summed E-state index contributed by atoms with van der Waals surface area (Å²) in [4.78, 5) is 0.263. The molecule has 0 N–H and O–H groups in total. The highest BCUT2D eigenvalue weighted by atomic mass is 127. The molecule has 0 bridgehead atoms. The SMILES string of the molecule is CC(C)(C)c1ccc(C(Br)c2ccc(I)cc2)cc1. The first-order valence-corrected chi connectivity index (χ1v) is 8.37. The Balaban J connectivity index is 2.25. The van der Waals surface area contributed by atoms with Gasteiger partial charge in [0.15, 0.2) is 0 Å². The van der Waals surface area contributed by atoms with Crippen LogP contribution < -0.4 is 0 Å². The Hall–Kier alpha value is -0.350. The first-order valence-electron chi connectivity index (χ1n) is 6.38. The lowest BCUT2D eigenvalue weighted by atomic mass is 9.86. The number of hydrogen-bond acceptors (Lipinski definition) is 0. The normalized spacial score (nSPS) is 13.3. The number of halogens is 2. The molecule has 1 atom stereocenters. The molecule has 0 heterocycles. The van der Waals surface area contributed by atoms with Gasteiger partial charge in [0.1, 0.15) is 0 Å². The Morgan fingerprint density at radius 3 is 1.68 bits per heavy atom. The first kappa shape index (κ1) is 15.0. The molecule has 2 aromatic rings. The molecule has 19 heavy (non-hydrogen) atoms. The van der Waals surface area contributed by atoms with Crippen LogP contribution in [-0.2, 0) is 5.41 Å². The third kappa shape index (κ3) is 3.82. The molecule has 2 heteroatoms. The van der Waals surface area contributed by atoms with Gasteiger partial charge in [0.05, 0.1) is 4.83 Å². The molecule has 2 aromatic carbocycles. The smallest absolute Gasteiger partial charge is 0.0644 e. The van der Waals surface area contributed by atoms with E-state index in [0.29, 0.717) is 0 Å². The molecule has 0 fully saturated rings. The molecule has 0 aromatic heterocycles. The summed E-state index contributed by atoms with van der Waals surface area (Å²) in [5.74, 6) is 0. The predicted molar refractivity (Wildman–Crippen MR) is 95.1 cm³/mol. The lowest BCUT2D eigenvalue weighted by Crippen LogP contribution is -2.10. The average molecular weight is 429 g/mol. The quantitative estimate of drug-likeness (QED) is 0.402. The van der Waals surface area contributed by atoms with Crippen molar-refractivity contribution in [1.82, 2.24) is 0 Å². The standard InChI is InChI=1S/C17H18BrI/c1-17(2,3)14-8-4-12(5-9-14)16(18)13-6-10-15(19)11-7-13/h4-11,16H,1-3H3. The molecule has 0 saturated carbocycles. The van der Waals surface area contributed by atoms with Gasteiger partial charge < -0.3 is 0 Å². The van der Waals surface area contributed by atoms with Gasteiger partial charge in [-0.15, -0.1) is 0 Å². The van der Waals surface area contributed by atoms with E-state index in [0.717, 1.165) is 0 Å². The van der Waals surface area contributed by atoms with E-state index in [1.165, 1.54) is 20.3 Å². The largest absolute Gasteiger partial charge is 0.0786 e. The van der Waals surface area contributed by atoms with E-state index >= 15 is 0 Å². The summed E-state index contributed by atoms with van der Waals surface area (Å²) in [6.45, 7) is 6.73. The van der Waals surface area contributed by atoms with Crippen LogP contribution in [0.25, 0.3) is 0 Å². The fraction of sp³-hybridized carbons (Fsp3) is 0.294. The number of benzene rings is 2. The molecular formula is C17H18BrI. The van der Waals surface area contributed by atoms with Crippen molar-refractivity contribution in [3.63, 3.8) is 0 Å². The summed E-state index contributed by atoms with van der Waals surface area (Å²) in [6, 6.07) is 17.6. The monoisotopic (exact) mass is 428 g/mol. The molecule has 0 radical (unpaired) electrons. The minimum absolute atomic E-state index is 0.212. The fourth-order valence-corrected chi connectivity index (χ4v) is 2.95. The Bertz CT molecular complexity index is 535. The maximum absolute atomic E-state index is 3.79. The maximum atomic E-state index is 3.79. The van der Waals surface area contributed by atoms with E-state index in [9.17, 15) is 0 Å². The molecule has 2 rings (SSSR count). The maximum Gasteiger partial charge on any atom is 0.0644 e. The Morgan fingerprint density at radius 2 is 1.26 bits per heavy atom. The summed E-state index contributed by atoms with van der Waals surface area (Å²) in [6.07, 6.45) is 0. The van der Waals surface area contributed by atoms with Crippen LogP contribution in [0.15, 0.2) is 48.5 Å². The third-order valence-corrected chi connectivity index (χ3v) is 5.01. The zero-order chi connectivity index (χ0) is 14.0. The van der Waals surface area contributed by atoms with Crippen molar-refractivity contribution in [2.75, 3.05) is 0 Å². The number of hydrogen-bond donors (Lipinski definition) is 0. The molecule has 0 aliphatic heterocycles. The van der Waals surface area contributed by atoms with E-state index in [1.807, 2.05) is 0 Å². The van der Waals surface area contributed by atoms with Crippen LogP contribution in [0.5, 0.6) is 0 Å². The Morgan fingerprint density at radius 1 is 0.842 bits per heavy atom. The van der Waals surface area contributed by atoms with Crippen LogP contribution in [0.4, 0.5) is 0 Å². The fourth-order valence-electron chi connectivity index (χ4n) is 1.98. The minimum atomic E-state index is 0.212. The van der Waals surface area contributed by atoms with Crippen LogP contribution in [0.2, 0.25) is 0 Å². The Kier molecular flexibility index (Phi) is 4.72. The van der Waals surface area contributed by atoms with Gasteiger partial charge in [-0.2, -0.15) is 0 Å². The van der Waals surface area contributed by atoms with Gasteiger partial charge in [0, 0.05) is 3.57 Å². The highest BCUT2D eigenvalue weighted by molar-refractivity contribution is 14.1. The van der Waals surface area contributed by atoms with Gasteiger partial charge in [0.25, 0.3) is 0 Å². The van der Waals surface area contributed by atoms with E-state index in [4.69, 9.17) is 0 Å². The van der Waals surface area contributed by atoms with E-state index in [1.54, 1.807) is 0 Å². The molecule has 0 saturated heterocycles. The van der Waals surface area contributed by atoms with Crippen LogP contribution in [0.3, 0.4) is 0 Å². The lowest BCUT2D eigenvalue weighted by molar-refractivity contribution is 0.590. The van der Waals surface area contributed by atoms with Gasteiger partial charge in [-0.3, -0.25) is 0 Å². The highest BCUT2D eigenvalue weighted by Crippen LogP contribution is 2.32. The minimum Gasteiger partial charge on any atom is -0.0786 e. The highest BCUT2D eigenvalue weighted by Gasteiger charge is 2.15. The summed E-state index contributed by atoms with van der Waals surface area (Å²) in [5, 5.41) is 0. The van der Waals surface area contributed by atoms with Crippen molar-refractivity contribution in [3.05, 3.63) is 68.8 Å². The summed E-state index contributed by atoms with van der Waals surface area (Å²) >= 11 is 6.12. The van der Waals surface area contributed by atoms with Crippen LogP contribution >= 0.6 is 38.5 Å². The van der Waals surface area contributed by atoms with Gasteiger partial charge in [-0.25, -0.2) is 0 Å². The van der Waals surface area contributed by atoms with Gasteiger partial charge in [-0.05, 0) is 56.8 Å². The van der Waals surface area contributed by atoms with Gasteiger partial charge in [-0.1, -0.05) is 73.1 Å². The van der Waals surface area contributed by atoms with Crippen LogP contribution in [-0.4, -0.2) is 0 Å². The van der Waals surface area contributed by atoms with Crippen molar-refractivity contribution in [2.24, 2.45) is 0 Å². The van der Waals surface area contributed by atoms with Crippen molar-refractivity contribution in [2.45, 2.75) is 31.0 Å². The predicted octanol–water partition coefficient (Wildman–Crippen LogP) is 6.07. The van der Waals surface area contributed by atoms with Crippen molar-refractivity contribution >= 4 is 38.5 Å². The molecule has 0 spiro atoms. The van der Waals surface area contributed by atoms with Gasteiger partial charge >= 0.3 is 0 Å².